The molecule has 0 atom stereocenters. The van der Waals surface area contributed by atoms with Gasteiger partial charge < -0.3 is 0 Å². The van der Waals surface area contributed by atoms with Crippen LogP contribution in [0.1, 0.15) is 16.8 Å². The Kier molecular flexibility index (Phi) is 3.51. The minimum atomic E-state index is 0.226. The van der Waals surface area contributed by atoms with E-state index in [9.17, 15) is 4.79 Å². The van der Waals surface area contributed by atoms with E-state index in [0.29, 0.717) is 6.42 Å². The first-order valence-corrected chi connectivity index (χ1v) is 7.83. The zero-order chi connectivity index (χ0) is 13.2. The number of alkyl halides is 1. The lowest BCUT2D eigenvalue weighted by Crippen LogP contribution is -1.99. The molecule has 3 rings (SSSR count). The first-order valence-electron chi connectivity index (χ1n) is 6.30. The average molecular weight is 360 g/mol. The molecular formula is C17H13IO. The van der Waals surface area contributed by atoms with Gasteiger partial charge in [-0.15, -0.1) is 0 Å². The maximum absolute atomic E-state index is 12.0. The minimum Gasteiger partial charge on any atom is -0.294 e. The van der Waals surface area contributed by atoms with Gasteiger partial charge in [0.25, 0.3) is 0 Å². The highest BCUT2D eigenvalue weighted by Gasteiger charge is 2.07. The molecule has 0 spiro atoms. The summed E-state index contributed by atoms with van der Waals surface area (Å²) in [5.74, 6) is 0.226. The van der Waals surface area contributed by atoms with Crippen LogP contribution in [-0.2, 0) is 0 Å². The first-order chi connectivity index (χ1) is 9.29. The van der Waals surface area contributed by atoms with Gasteiger partial charge in [-0.2, -0.15) is 0 Å². The van der Waals surface area contributed by atoms with Crippen LogP contribution in [0.4, 0.5) is 0 Å². The minimum absolute atomic E-state index is 0.226. The molecule has 0 aliphatic carbocycles. The van der Waals surface area contributed by atoms with Gasteiger partial charge in [-0.25, -0.2) is 0 Å². The molecule has 1 nitrogen and oxygen atoms in total. The van der Waals surface area contributed by atoms with Gasteiger partial charge in [0.1, 0.15) is 0 Å². The zero-order valence-electron chi connectivity index (χ0n) is 10.4. The van der Waals surface area contributed by atoms with Crippen molar-refractivity contribution in [2.45, 2.75) is 6.42 Å². The molecular weight excluding hydrogens is 347 g/mol. The van der Waals surface area contributed by atoms with Crippen molar-refractivity contribution in [2.24, 2.45) is 0 Å². The van der Waals surface area contributed by atoms with E-state index in [4.69, 9.17) is 0 Å². The number of rotatable bonds is 3. The summed E-state index contributed by atoms with van der Waals surface area (Å²) in [6.07, 6.45) is 0.608. The van der Waals surface area contributed by atoms with Gasteiger partial charge in [-0.05, 0) is 27.6 Å². The van der Waals surface area contributed by atoms with Crippen LogP contribution in [0.25, 0.3) is 21.5 Å². The van der Waals surface area contributed by atoms with E-state index in [1.807, 2.05) is 30.3 Å². The molecule has 2 heteroatoms. The lowest BCUT2D eigenvalue weighted by molar-refractivity contribution is 0.0990. The lowest BCUT2D eigenvalue weighted by atomic mass is 9.98. The molecule has 0 heterocycles. The van der Waals surface area contributed by atoms with Crippen molar-refractivity contribution in [3.05, 3.63) is 60.2 Å². The van der Waals surface area contributed by atoms with Gasteiger partial charge in [0.2, 0.25) is 0 Å². The Morgan fingerprint density at radius 3 is 2.37 bits per heavy atom. The molecule has 0 aromatic heterocycles. The number of carbonyl (C=O) groups is 1. The predicted octanol–water partition coefficient (Wildman–Crippen LogP) is 5.00. The first kappa shape index (κ1) is 12.6. The summed E-state index contributed by atoms with van der Waals surface area (Å²) in [4.78, 5) is 12.0. The van der Waals surface area contributed by atoms with Crippen molar-refractivity contribution in [3.63, 3.8) is 0 Å². The second-order valence-corrected chi connectivity index (χ2v) is 5.66. The molecule has 0 unspecified atom stereocenters. The third kappa shape index (κ3) is 2.37. The number of fused-ring (bicyclic) bond motifs is 3. The van der Waals surface area contributed by atoms with Crippen LogP contribution in [0.3, 0.4) is 0 Å². The number of carbonyl (C=O) groups excluding carboxylic acids is 1. The summed E-state index contributed by atoms with van der Waals surface area (Å²) in [7, 11) is 0. The van der Waals surface area contributed by atoms with Crippen LogP contribution >= 0.6 is 22.6 Å². The number of Topliss-reactive ketones (excluding diaryl/α,β-unsaturated/α-hetero) is 1. The smallest absolute Gasteiger partial charge is 0.163 e. The van der Waals surface area contributed by atoms with Crippen LogP contribution in [0, 0.1) is 0 Å². The molecule has 0 aliphatic rings. The van der Waals surface area contributed by atoms with Crippen LogP contribution in [0.5, 0.6) is 0 Å². The highest BCUT2D eigenvalue weighted by molar-refractivity contribution is 14.1. The molecule has 0 saturated heterocycles. The fourth-order valence-corrected chi connectivity index (χ4v) is 2.90. The van der Waals surface area contributed by atoms with Gasteiger partial charge >= 0.3 is 0 Å². The van der Waals surface area contributed by atoms with Gasteiger partial charge in [0.05, 0.1) is 0 Å². The third-order valence-electron chi connectivity index (χ3n) is 3.39. The summed E-state index contributed by atoms with van der Waals surface area (Å²) in [6, 6.07) is 18.6. The van der Waals surface area contributed by atoms with Crippen LogP contribution in [0.2, 0.25) is 0 Å². The highest BCUT2D eigenvalue weighted by atomic mass is 127. The van der Waals surface area contributed by atoms with Gasteiger partial charge in [0.15, 0.2) is 5.78 Å². The Morgan fingerprint density at radius 2 is 1.58 bits per heavy atom. The normalized spacial score (nSPS) is 11.0. The number of benzene rings is 3. The summed E-state index contributed by atoms with van der Waals surface area (Å²) in [5, 5.41) is 4.78. The Bertz CT molecular complexity index is 761. The molecule has 0 amide bonds. The fraction of sp³-hybridized carbons (Fsp3) is 0.118. The Labute approximate surface area is 125 Å². The zero-order valence-corrected chi connectivity index (χ0v) is 12.6. The lowest BCUT2D eigenvalue weighted by Gasteiger charge is -2.06. The van der Waals surface area contributed by atoms with E-state index in [-0.39, 0.29) is 5.78 Å². The molecule has 0 saturated carbocycles. The van der Waals surface area contributed by atoms with E-state index in [1.165, 1.54) is 16.2 Å². The maximum Gasteiger partial charge on any atom is 0.163 e. The van der Waals surface area contributed by atoms with E-state index in [1.54, 1.807) is 0 Å². The van der Waals surface area contributed by atoms with Crippen LogP contribution in [0.15, 0.2) is 54.6 Å². The van der Waals surface area contributed by atoms with E-state index in [0.717, 1.165) is 15.4 Å². The quantitative estimate of drug-likeness (QED) is 0.278. The molecule has 19 heavy (non-hydrogen) atoms. The molecule has 94 valence electrons. The molecule has 0 aliphatic heterocycles. The van der Waals surface area contributed by atoms with Crippen molar-refractivity contribution >= 4 is 49.9 Å². The van der Waals surface area contributed by atoms with E-state index >= 15 is 0 Å². The van der Waals surface area contributed by atoms with Crippen molar-refractivity contribution in [1.82, 2.24) is 0 Å². The van der Waals surface area contributed by atoms with Crippen LogP contribution in [-0.4, -0.2) is 10.2 Å². The Balaban J connectivity index is 2.25. The van der Waals surface area contributed by atoms with Crippen molar-refractivity contribution in [1.29, 1.82) is 0 Å². The van der Waals surface area contributed by atoms with E-state index in [2.05, 4.69) is 46.9 Å². The Morgan fingerprint density at radius 1 is 0.895 bits per heavy atom. The molecule has 0 radical (unpaired) electrons. The number of halogens is 1. The summed E-state index contributed by atoms with van der Waals surface area (Å²) < 4.78 is 0.865. The van der Waals surface area contributed by atoms with Crippen LogP contribution < -0.4 is 0 Å². The number of hydrogen-bond donors (Lipinski definition) is 0. The average Bonchev–Trinajstić information content (AvgIpc) is 2.47. The standard InChI is InChI=1S/C17H13IO/c18-10-9-17(19)14-8-7-13-6-5-12-3-1-2-4-15(12)16(13)11-14/h1-8,11H,9-10H2. The fourth-order valence-electron chi connectivity index (χ4n) is 2.41. The summed E-state index contributed by atoms with van der Waals surface area (Å²) >= 11 is 2.24. The molecule has 0 fully saturated rings. The monoisotopic (exact) mass is 360 g/mol. The summed E-state index contributed by atoms with van der Waals surface area (Å²) in [6.45, 7) is 0. The van der Waals surface area contributed by atoms with Gasteiger partial charge in [-0.3, -0.25) is 4.79 Å². The molecule has 3 aromatic carbocycles. The van der Waals surface area contributed by atoms with Crippen molar-refractivity contribution in [3.8, 4) is 0 Å². The van der Waals surface area contributed by atoms with Gasteiger partial charge in [-0.1, -0.05) is 71.1 Å². The van der Waals surface area contributed by atoms with Crippen molar-refractivity contribution in [2.75, 3.05) is 4.43 Å². The maximum atomic E-state index is 12.0. The second kappa shape index (κ2) is 5.29. The van der Waals surface area contributed by atoms with E-state index < -0.39 is 0 Å². The number of hydrogen-bond acceptors (Lipinski definition) is 1. The molecule has 0 N–H and O–H groups in total. The molecule has 0 bridgehead atoms. The Hall–Kier alpha value is -1.42. The predicted molar refractivity (Wildman–Crippen MR) is 89.3 cm³/mol. The number of ketones is 1. The summed E-state index contributed by atoms with van der Waals surface area (Å²) in [5.41, 5.74) is 0.820. The topological polar surface area (TPSA) is 17.1 Å². The molecule has 3 aromatic rings. The second-order valence-electron chi connectivity index (χ2n) is 4.58. The highest BCUT2D eigenvalue weighted by Crippen LogP contribution is 2.26. The van der Waals surface area contributed by atoms with Gasteiger partial charge in [0, 0.05) is 16.4 Å². The SMILES string of the molecule is O=C(CCI)c1ccc2ccc3ccccc3c2c1. The largest absolute Gasteiger partial charge is 0.294 e. The third-order valence-corrected chi connectivity index (χ3v) is 3.93. The van der Waals surface area contributed by atoms with Crippen molar-refractivity contribution < 1.29 is 4.79 Å².